The van der Waals surface area contributed by atoms with Gasteiger partial charge in [0.2, 0.25) is 11.8 Å². The molecule has 0 N–H and O–H groups in total. The molecule has 0 saturated heterocycles. The third-order valence-electron chi connectivity index (χ3n) is 5.44. The number of aryl methyl sites for hydroxylation is 2. The lowest BCUT2D eigenvalue weighted by Crippen LogP contribution is -2.37. The van der Waals surface area contributed by atoms with Crippen molar-refractivity contribution in [3.8, 4) is 11.6 Å². The lowest BCUT2D eigenvalue weighted by molar-refractivity contribution is -0.131. The van der Waals surface area contributed by atoms with Crippen molar-refractivity contribution in [2.45, 2.75) is 46.7 Å². The Kier molecular flexibility index (Phi) is 5.99. The zero-order valence-corrected chi connectivity index (χ0v) is 17.9. The van der Waals surface area contributed by atoms with Crippen LogP contribution < -0.4 is 0 Å². The van der Waals surface area contributed by atoms with E-state index in [1.54, 1.807) is 6.20 Å². The van der Waals surface area contributed by atoms with Crippen LogP contribution in [0.25, 0.3) is 11.6 Å². The topological polar surface area (TPSA) is 73.4 Å². The molecule has 0 unspecified atom stereocenters. The predicted octanol–water partition coefficient (Wildman–Crippen LogP) is 3.32. The number of rotatable bonds is 7. The molecule has 1 aliphatic heterocycles. The van der Waals surface area contributed by atoms with E-state index in [0.717, 1.165) is 34.7 Å². The maximum Gasteiger partial charge on any atom is 0.247 e. The number of amides is 1. The largest absolute Gasteiger partial charge is 0.440 e. The summed E-state index contributed by atoms with van der Waals surface area (Å²) in [5.41, 5.74) is 5.12. The summed E-state index contributed by atoms with van der Waals surface area (Å²) in [4.78, 5) is 19.3. The van der Waals surface area contributed by atoms with Crippen LogP contribution in [0.15, 0.2) is 34.9 Å². The van der Waals surface area contributed by atoms with E-state index < -0.39 is 0 Å². The molecule has 1 amide bonds. The fourth-order valence-corrected chi connectivity index (χ4v) is 3.81. The highest BCUT2D eigenvalue weighted by Gasteiger charge is 2.29. The molecular weight excluding hydrogens is 380 g/mol. The molecule has 3 heterocycles. The van der Waals surface area contributed by atoms with Gasteiger partial charge in [0.05, 0.1) is 25.8 Å². The van der Waals surface area contributed by atoms with Crippen LogP contribution in [-0.2, 0) is 35.5 Å². The predicted molar refractivity (Wildman–Crippen MR) is 113 cm³/mol. The van der Waals surface area contributed by atoms with Gasteiger partial charge >= 0.3 is 0 Å². The molecule has 0 spiro atoms. The quantitative estimate of drug-likeness (QED) is 0.561. The summed E-state index contributed by atoms with van der Waals surface area (Å²) in [6.07, 6.45) is 2.86. The molecule has 158 valence electrons. The van der Waals surface area contributed by atoms with Crippen molar-refractivity contribution in [1.82, 2.24) is 19.7 Å². The SMILES string of the molecule is CCOCCn1nc(-c2ncc(C)o2)c2c1CCN(C(=O)Cc1ccc(C)cc1)C2. The lowest BCUT2D eigenvalue weighted by Gasteiger charge is -2.28. The molecule has 7 nitrogen and oxygen atoms in total. The van der Waals surface area contributed by atoms with E-state index in [9.17, 15) is 4.79 Å². The number of carbonyl (C=O) groups is 1. The van der Waals surface area contributed by atoms with Crippen molar-refractivity contribution in [3.05, 3.63) is 58.6 Å². The van der Waals surface area contributed by atoms with Gasteiger partial charge in [-0.2, -0.15) is 5.10 Å². The van der Waals surface area contributed by atoms with Gasteiger partial charge in [0, 0.05) is 37.4 Å². The highest BCUT2D eigenvalue weighted by atomic mass is 16.5. The standard InChI is InChI=1S/C23H28N4O3/c1-4-29-12-11-27-20-9-10-26(21(28)13-18-7-5-16(2)6-8-18)15-19(20)22(25-27)23-24-14-17(3)30-23/h5-8,14H,4,9-13,15H2,1-3H3. The number of aromatic nitrogens is 3. The minimum absolute atomic E-state index is 0.126. The van der Waals surface area contributed by atoms with Gasteiger partial charge in [-0.1, -0.05) is 29.8 Å². The van der Waals surface area contributed by atoms with E-state index in [0.29, 0.717) is 45.2 Å². The van der Waals surface area contributed by atoms with Crippen LogP contribution in [0.1, 0.15) is 35.1 Å². The van der Waals surface area contributed by atoms with Crippen molar-refractivity contribution in [2.24, 2.45) is 0 Å². The fourth-order valence-electron chi connectivity index (χ4n) is 3.81. The van der Waals surface area contributed by atoms with Gasteiger partial charge in [-0.3, -0.25) is 9.48 Å². The molecule has 0 bridgehead atoms. The molecule has 4 rings (SSSR count). The van der Waals surface area contributed by atoms with Crippen molar-refractivity contribution in [3.63, 3.8) is 0 Å². The first-order chi connectivity index (χ1) is 14.5. The van der Waals surface area contributed by atoms with E-state index >= 15 is 0 Å². The minimum atomic E-state index is 0.126. The number of hydrogen-bond donors (Lipinski definition) is 0. The highest BCUT2D eigenvalue weighted by molar-refractivity contribution is 5.79. The second-order valence-corrected chi connectivity index (χ2v) is 7.70. The van der Waals surface area contributed by atoms with Gasteiger partial charge < -0.3 is 14.1 Å². The van der Waals surface area contributed by atoms with E-state index in [2.05, 4.69) is 4.98 Å². The summed E-state index contributed by atoms with van der Waals surface area (Å²) < 4.78 is 13.3. The van der Waals surface area contributed by atoms with Crippen LogP contribution >= 0.6 is 0 Å². The average Bonchev–Trinajstić information content (AvgIpc) is 3.33. The van der Waals surface area contributed by atoms with Gasteiger partial charge in [0.15, 0.2) is 5.69 Å². The zero-order chi connectivity index (χ0) is 21.1. The molecule has 0 saturated carbocycles. The Hall–Kier alpha value is -2.93. The van der Waals surface area contributed by atoms with Crippen molar-refractivity contribution in [1.29, 1.82) is 0 Å². The molecule has 0 atom stereocenters. The third kappa shape index (κ3) is 4.31. The number of fused-ring (bicyclic) bond motifs is 1. The van der Waals surface area contributed by atoms with Crippen LogP contribution in [0.3, 0.4) is 0 Å². The molecule has 30 heavy (non-hydrogen) atoms. The van der Waals surface area contributed by atoms with Gasteiger partial charge in [-0.25, -0.2) is 4.98 Å². The van der Waals surface area contributed by atoms with Crippen LogP contribution in [0.2, 0.25) is 0 Å². The Balaban J connectivity index is 1.57. The van der Waals surface area contributed by atoms with E-state index in [1.807, 2.05) is 54.6 Å². The maximum atomic E-state index is 13.0. The Bertz CT molecular complexity index is 1020. The Morgan fingerprint density at radius 1 is 1.23 bits per heavy atom. The smallest absolute Gasteiger partial charge is 0.247 e. The number of carbonyl (C=O) groups excluding carboxylic acids is 1. The Morgan fingerprint density at radius 3 is 2.73 bits per heavy atom. The molecule has 0 radical (unpaired) electrons. The van der Waals surface area contributed by atoms with E-state index in [1.165, 1.54) is 5.56 Å². The van der Waals surface area contributed by atoms with Crippen molar-refractivity contribution < 1.29 is 13.9 Å². The summed E-state index contributed by atoms with van der Waals surface area (Å²) in [5, 5.41) is 4.78. The van der Waals surface area contributed by atoms with Crippen molar-refractivity contribution in [2.75, 3.05) is 19.8 Å². The fraction of sp³-hybridized carbons (Fsp3) is 0.435. The third-order valence-corrected chi connectivity index (χ3v) is 5.44. The minimum Gasteiger partial charge on any atom is -0.440 e. The van der Waals surface area contributed by atoms with Crippen LogP contribution in [0.4, 0.5) is 0 Å². The molecule has 7 heteroatoms. The number of nitrogens with zero attached hydrogens (tertiary/aromatic N) is 4. The Morgan fingerprint density at radius 2 is 2.03 bits per heavy atom. The van der Waals surface area contributed by atoms with Gasteiger partial charge in [-0.15, -0.1) is 0 Å². The first-order valence-electron chi connectivity index (χ1n) is 10.5. The molecular formula is C23H28N4O3. The van der Waals surface area contributed by atoms with Crippen LogP contribution in [-0.4, -0.2) is 45.3 Å². The normalized spacial score (nSPS) is 13.5. The molecule has 2 aromatic heterocycles. The van der Waals surface area contributed by atoms with E-state index in [4.69, 9.17) is 14.3 Å². The van der Waals surface area contributed by atoms with Gasteiger partial charge in [0.25, 0.3) is 0 Å². The number of hydrogen-bond acceptors (Lipinski definition) is 5. The van der Waals surface area contributed by atoms with Gasteiger partial charge in [-0.05, 0) is 26.3 Å². The molecule has 1 aromatic carbocycles. The van der Waals surface area contributed by atoms with Gasteiger partial charge in [0.1, 0.15) is 5.76 Å². The monoisotopic (exact) mass is 408 g/mol. The second-order valence-electron chi connectivity index (χ2n) is 7.70. The summed E-state index contributed by atoms with van der Waals surface area (Å²) in [6.45, 7) is 9.05. The maximum absolute atomic E-state index is 13.0. The number of ether oxygens (including phenoxy) is 1. The molecule has 0 fully saturated rings. The molecule has 3 aromatic rings. The summed E-state index contributed by atoms with van der Waals surface area (Å²) in [7, 11) is 0. The first kappa shape index (κ1) is 20.3. The summed E-state index contributed by atoms with van der Waals surface area (Å²) >= 11 is 0. The van der Waals surface area contributed by atoms with Crippen molar-refractivity contribution >= 4 is 5.91 Å². The number of benzene rings is 1. The van der Waals surface area contributed by atoms with E-state index in [-0.39, 0.29) is 5.91 Å². The lowest BCUT2D eigenvalue weighted by atomic mass is 10.0. The van der Waals surface area contributed by atoms with Crippen LogP contribution in [0, 0.1) is 13.8 Å². The van der Waals surface area contributed by atoms with Crippen LogP contribution in [0.5, 0.6) is 0 Å². The summed E-state index contributed by atoms with van der Waals surface area (Å²) in [5.74, 6) is 1.37. The highest BCUT2D eigenvalue weighted by Crippen LogP contribution is 2.30. The average molecular weight is 409 g/mol. The number of oxazole rings is 1. The zero-order valence-electron chi connectivity index (χ0n) is 17.9. The molecule has 1 aliphatic rings. The Labute approximate surface area is 176 Å². The molecule has 0 aliphatic carbocycles. The first-order valence-corrected chi connectivity index (χ1v) is 10.5. The second kappa shape index (κ2) is 8.83. The summed E-state index contributed by atoms with van der Waals surface area (Å²) in [6, 6.07) is 8.13.